The molecule has 0 aliphatic heterocycles. The molecule has 1 atom stereocenters. The Labute approximate surface area is 83.6 Å². The van der Waals surface area contributed by atoms with Gasteiger partial charge in [-0.3, -0.25) is 0 Å². The van der Waals surface area contributed by atoms with Crippen molar-refractivity contribution in [3.63, 3.8) is 0 Å². The van der Waals surface area contributed by atoms with Gasteiger partial charge in [0.15, 0.2) is 0 Å². The van der Waals surface area contributed by atoms with Gasteiger partial charge in [0.25, 0.3) is 0 Å². The normalized spacial score (nSPS) is 13.4. The van der Waals surface area contributed by atoms with Gasteiger partial charge in [-0.15, -0.1) is 0 Å². The molecule has 2 N–H and O–H groups in total. The molecule has 0 spiro atoms. The van der Waals surface area contributed by atoms with Crippen LogP contribution in [0.5, 0.6) is 0 Å². The van der Waals surface area contributed by atoms with Crippen molar-refractivity contribution in [2.24, 2.45) is 0 Å². The third-order valence-corrected chi connectivity index (χ3v) is 2.56. The topological polar surface area (TPSA) is 49.3 Å². The highest BCUT2D eigenvalue weighted by atomic mass is 32.2. The number of carboxylic acid groups (broad SMARTS) is 1. The Morgan fingerprint density at radius 2 is 2.38 bits per heavy atom. The van der Waals surface area contributed by atoms with Crippen LogP contribution in [0.25, 0.3) is 0 Å². The van der Waals surface area contributed by atoms with Crippen molar-refractivity contribution in [2.75, 3.05) is 18.1 Å². The van der Waals surface area contributed by atoms with Crippen molar-refractivity contribution >= 4 is 17.7 Å². The summed E-state index contributed by atoms with van der Waals surface area (Å²) in [5.41, 5.74) is 0. The number of hydrogen-bond donors (Lipinski definition) is 2. The molecule has 0 aromatic carbocycles. The van der Waals surface area contributed by atoms with Crippen LogP contribution in [0, 0.1) is 0 Å². The molecular weight excluding hydrogens is 186 g/mol. The van der Waals surface area contributed by atoms with Crippen LogP contribution < -0.4 is 5.32 Å². The first-order valence-electron chi connectivity index (χ1n) is 4.37. The Bertz CT molecular complexity index is 171. The second-order valence-corrected chi connectivity index (χ2v) is 4.03. The second-order valence-electron chi connectivity index (χ2n) is 2.71. The van der Waals surface area contributed by atoms with E-state index in [1.165, 1.54) is 0 Å². The fraction of sp³-hybridized carbons (Fsp3) is 0.667. The van der Waals surface area contributed by atoms with E-state index >= 15 is 0 Å². The summed E-state index contributed by atoms with van der Waals surface area (Å²) in [6.07, 6.45) is 2.78. The van der Waals surface area contributed by atoms with Crippen molar-refractivity contribution < 1.29 is 9.90 Å². The summed E-state index contributed by atoms with van der Waals surface area (Å²) in [6, 6.07) is 0.434. The monoisotopic (exact) mass is 203 g/mol. The van der Waals surface area contributed by atoms with E-state index in [2.05, 4.69) is 19.2 Å². The van der Waals surface area contributed by atoms with Crippen molar-refractivity contribution in [3.8, 4) is 0 Å². The quantitative estimate of drug-likeness (QED) is 0.613. The molecule has 3 nitrogen and oxygen atoms in total. The van der Waals surface area contributed by atoms with E-state index in [0.29, 0.717) is 12.6 Å². The molecular formula is C9H17NO2S. The van der Waals surface area contributed by atoms with Gasteiger partial charge in [-0.2, -0.15) is 11.8 Å². The third-order valence-electron chi connectivity index (χ3n) is 1.42. The lowest BCUT2D eigenvalue weighted by Gasteiger charge is -2.10. The minimum absolute atomic E-state index is 0.434. The Morgan fingerprint density at radius 1 is 1.69 bits per heavy atom. The van der Waals surface area contributed by atoms with Crippen LogP contribution in [-0.4, -0.2) is 35.2 Å². The predicted octanol–water partition coefficient (Wildman–Crippen LogP) is 1.36. The maximum atomic E-state index is 10.1. The first kappa shape index (κ1) is 12.5. The molecule has 0 amide bonds. The lowest BCUT2D eigenvalue weighted by Crippen LogP contribution is -2.28. The molecule has 4 heteroatoms. The van der Waals surface area contributed by atoms with E-state index in [0.717, 1.165) is 17.6 Å². The number of carbonyl (C=O) groups is 1. The molecule has 76 valence electrons. The molecule has 13 heavy (non-hydrogen) atoms. The molecule has 0 rings (SSSR count). The van der Waals surface area contributed by atoms with Gasteiger partial charge in [-0.05, 0) is 12.7 Å². The van der Waals surface area contributed by atoms with E-state index in [9.17, 15) is 4.79 Å². The fourth-order valence-corrected chi connectivity index (χ4v) is 1.49. The van der Waals surface area contributed by atoms with Crippen LogP contribution >= 0.6 is 11.8 Å². The number of nitrogens with one attached hydrogen (secondary N) is 1. The standard InChI is InChI=1S/C9H17NO2S/c1-3-13-7-8(2)10-6-4-5-9(11)12/h4-5,8,10H,3,6-7H2,1-2H3,(H,11,12)/b5-4+. The molecule has 0 saturated heterocycles. The van der Waals surface area contributed by atoms with Crippen molar-refractivity contribution in [1.29, 1.82) is 0 Å². The van der Waals surface area contributed by atoms with Crippen LogP contribution in [0.1, 0.15) is 13.8 Å². The predicted molar refractivity (Wildman–Crippen MR) is 57.2 cm³/mol. The smallest absolute Gasteiger partial charge is 0.328 e. The van der Waals surface area contributed by atoms with Crippen LogP contribution in [-0.2, 0) is 4.79 Å². The van der Waals surface area contributed by atoms with Crippen LogP contribution in [0.4, 0.5) is 0 Å². The Balaban J connectivity index is 3.36. The number of hydrogen-bond acceptors (Lipinski definition) is 3. The molecule has 0 saturated carbocycles. The first-order valence-corrected chi connectivity index (χ1v) is 5.52. The molecule has 0 radical (unpaired) electrons. The molecule has 0 heterocycles. The van der Waals surface area contributed by atoms with Gasteiger partial charge in [-0.1, -0.05) is 13.0 Å². The Kier molecular flexibility index (Phi) is 7.83. The van der Waals surface area contributed by atoms with Gasteiger partial charge in [0.2, 0.25) is 0 Å². The number of aliphatic carboxylic acids is 1. The SMILES string of the molecule is CCSCC(C)NC/C=C/C(=O)O. The Hall–Kier alpha value is -0.480. The lowest BCUT2D eigenvalue weighted by molar-refractivity contribution is -0.131. The molecule has 0 aliphatic rings. The van der Waals surface area contributed by atoms with Crippen molar-refractivity contribution in [3.05, 3.63) is 12.2 Å². The Morgan fingerprint density at radius 3 is 2.92 bits per heavy atom. The van der Waals surface area contributed by atoms with Gasteiger partial charge in [-0.25, -0.2) is 4.79 Å². The number of thioether (sulfide) groups is 1. The highest BCUT2D eigenvalue weighted by molar-refractivity contribution is 7.99. The lowest BCUT2D eigenvalue weighted by atomic mass is 10.4. The number of carboxylic acids is 1. The maximum Gasteiger partial charge on any atom is 0.328 e. The maximum absolute atomic E-state index is 10.1. The van der Waals surface area contributed by atoms with Gasteiger partial charge in [0.05, 0.1) is 0 Å². The molecule has 0 aromatic heterocycles. The van der Waals surface area contributed by atoms with E-state index in [4.69, 9.17) is 5.11 Å². The first-order chi connectivity index (χ1) is 6.16. The van der Waals surface area contributed by atoms with Crippen LogP contribution in [0.3, 0.4) is 0 Å². The summed E-state index contributed by atoms with van der Waals surface area (Å²) in [5.74, 6) is 1.30. The van der Waals surface area contributed by atoms with E-state index in [-0.39, 0.29) is 0 Å². The summed E-state index contributed by atoms with van der Waals surface area (Å²) < 4.78 is 0. The molecule has 0 bridgehead atoms. The van der Waals surface area contributed by atoms with E-state index < -0.39 is 5.97 Å². The molecule has 0 aromatic rings. The largest absolute Gasteiger partial charge is 0.478 e. The van der Waals surface area contributed by atoms with E-state index in [1.807, 2.05) is 11.8 Å². The molecule has 0 aliphatic carbocycles. The highest BCUT2D eigenvalue weighted by Gasteiger charge is 1.97. The average Bonchev–Trinajstić information content (AvgIpc) is 2.08. The van der Waals surface area contributed by atoms with Gasteiger partial charge >= 0.3 is 5.97 Å². The summed E-state index contributed by atoms with van der Waals surface area (Å²) in [4.78, 5) is 10.1. The summed E-state index contributed by atoms with van der Waals surface area (Å²) >= 11 is 1.88. The third kappa shape index (κ3) is 9.43. The summed E-state index contributed by atoms with van der Waals surface area (Å²) in [7, 11) is 0. The summed E-state index contributed by atoms with van der Waals surface area (Å²) in [6.45, 7) is 4.84. The zero-order chi connectivity index (χ0) is 10.1. The molecule has 1 unspecified atom stereocenters. The average molecular weight is 203 g/mol. The second kappa shape index (κ2) is 8.13. The number of rotatable bonds is 7. The van der Waals surface area contributed by atoms with Crippen molar-refractivity contribution in [2.45, 2.75) is 19.9 Å². The minimum Gasteiger partial charge on any atom is -0.478 e. The van der Waals surface area contributed by atoms with Crippen LogP contribution in [0.15, 0.2) is 12.2 Å². The van der Waals surface area contributed by atoms with Crippen molar-refractivity contribution in [1.82, 2.24) is 5.32 Å². The zero-order valence-electron chi connectivity index (χ0n) is 8.12. The van der Waals surface area contributed by atoms with Gasteiger partial charge in [0, 0.05) is 24.4 Å². The summed E-state index contributed by atoms with van der Waals surface area (Å²) in [5, 5.41) is 11.5. The van der Waals surface area contributed by atoms with Gasteiger partial charge < -0.3 is 10.4 Å². The minimum atomic E-state index is -0.891. The highest BCUT2D eigenvalue weighted by Crippen LogP contribution is 2.00. The van der Waals surface area contributed by atoms with Crippen LogP contribution in [0.2, 0.25) is 0 Å². The molecule has 0 fully saturated rings. The van der Waals surface area contributed by atoms with E-state index in [1.54, 1.807) is 6.08 Å². The zero-order valence-corrected chi connectivity index (χ0v) is 8.93. The van der Waals surface area contributed by atoms with Gasteiger partial charge in [0.1, 0.15) is 0 Å². The fourth-order valence-electron chi connectivity index (χ4n) is 0.783.